The lowest BCUT2D eigenvalue weighted by atomic mass is 9.94. The Hall–Kier alpha value is -3.52. The van der Waals surface area contributed by atoms with Crippen LogP contribution in [0.1, 0.15) is 49.6 Å². The van der Waals surface area contributed by atoms with Crippen LogP contribution in [0.4, 0.5) is 4.39 Å². The van der Waals surface area contributed by atoms with Crippen molar-refractivity contribution in [3.05, 3.63) is 81.9 Å². The van der Waals surface area contributed by atoms with Gasteiger partial charge in [-0.2, -0.15) is 0 Å². The maximum Gasteiger partial charge on any atom is 0.259 e. The third-order valence-corrected chi connectivity index (χ3v) is 6.84. The Bertz CT molecular complexity index is 1400. The van der Waals surface area contributed by atoms with Gasteiger partial charge in [0, 0.05) is 42.9 Å². The summed E-state index contributed by atoms with van der Waals surface area (Å²) in [6.45, 7) is 7.45. The quantitative estimate of drug-likeness (QED) is 0.433. The summed E-state index contributed by atoms with van der Waals surface area (Å²) in [6.07, 6.45) is 5.20. The number of fused-ring (bicyclic) bond motifs is 3. The normalized spacial score (nSPS) is 18.5. The monoisotopic (exact) mass is 475 g/mol. The minimum Gasteiger partial charge on any atom is -0.487 e. The molecular weight excluding hydrogens is 445 g/mol. The number of rotatable bonds is 4. The van der Waals surface area contributed by atoms with Crippen molar-refractivity contribution in [3.63, 3.8) is 0 Å². The molecule has 0 unspecified atom stereocenters. The number of piperidine rings is 1. The van der Waals surface area contributed by atoms with E-state index in [1.54, 1.807) is 18.3 Å². The zero-order chi connectivity index (χ0) is 24.5. The first-order valence-electron chi connectivity index (χ1n) is 12.2. The third-order valence-electron chi connectivity index (χ3n) is 6.84. The molecule has 3 aliphatic heterocycles. The van der Waals surface area contributed by atoms with Crippen molar-refractivity contribution in [2.75, 3.05) is 13.1 Å². The zero-order valence-corrected chi connectivity index (χ0v) is 20.4. The first-order chi connectivity index (χ1) is 17.1. The van der Waals surface area contributed by atoms with Crippen LogP contribution in [0.3, 0.4) is 0 Å². The second kappa shape index (κ2) is 9.62. The summed E-state index contributed by atoms with van der Waals surface area (Å²) in [5.74, 6) is 1.20. The van der Waals surface area contributed by atoms with Crippen LogP contribution in [0.25, 0.3) is 16.9 Å². The largest absolute Gasteiger partial charge is 0.487 e. The van der Waals surface area contributed by atoms with Crippen molar-refractivity contribution in [2.45, 2.75) is 45.8 Å². The number of nitrogens with zero attached hydrogens (tertiary/aromatic N) is 5. The van der Waals surface area contributed by atoms with E-state index in [1.807, 2.05) is 19.9 Å². The van der Waals surface area contributed by atoms with E-state index in [0.29, 0.717) is 23.2 Å². The number of ether oxygens (including phenoxy) is 1. The van der Waals surface area contributed by atoms with E-state index in [0.717, 1.165) is 31.5 Å². The van der Waals surface area contributed by atoms with Gasteiger partial charge in [0.25, 0.3) is 5.56 Å². The molecule has 0 N–H and O–H groups in total. The van der Waals surface area contributed by atoms with Crippen molar-refractivity contribution < 1.29 is 9.13 Å². The highest BCUT2D eigenvalue weighted by Gasteiger charge is 2.32. The number of aryl methyl sites for hydroxylation is 1. The van der Waals surface area contributed by atoms with Crippen LogP contribution >= 0.6 is 0 Å². The van der Waals surface area contributed by atoms with Crippen LogP contribution in [-0.4, -0.2) is 37.1 Å². The molecule has 1 fully saturated rings. The fourth-order valence-corrected chi connectivity index (χ4v) is 5.18. The van der Waals surface area contributed by atoms with Crippen LogP contribution in [0.15, 0.2) is 53.6 Å². The smallest absolute Gasteiger partial charge is 0.259 e. The van der Waals surface area contributed by atoms with E-state index in [9.17, 15) is 9.18 Å². The van der Waals surface area contributed by atoms with Gasteiger partial charge in [-0.1, -0.05) is 13.8 Å². The van der Waals surface area contributed by atoms with Gasteiger partial charge in [-0.05, 0) is 61.8 Å². The molecule has 0 aliphatic carbocycles. The number of aromatic nitrogens is 4. The van der Waals surface area contributed by atoms with E-state index in [2.05, 4.69) is 27.6 Å². The number of halogens is 1. The zero-order valence-electron chi connectivity index (χ0n) is 20.4. The minimum atomic E-state index is -0.398. The predicted molar refractivity (Wildman–Crippen MR) is 133 cm³/mol. The summed E-state index contributed by atoms with van der Waals surface area (Å²) < 4.78 is 22.4. The van der Waals surface area contributed by atoms with Crippen molar-refractivity contribution in [3.8, 4) is 11.6 Å². The predicted octanol–water partition coefficient (Wildman–Crippen LogP) is 4.56. The van der Waals surface area contributed by atoms with E-state index >= 15 is 0 Å². The van der Waals surface area contributed by atoms with Gasteiger partial charge < -0.3 is 9.30 Å². The molecule has 0 saturated carbocycles. The Morgan fingerprint density at radius 3 is 2.63 bits per heavy atom. The molecule has 0 radical (unpaired) electrons. The van der Waals surface area contributed by atoms with E-state index < -0.39 is 5.82 Å². The van der Waals surface area contributed by atoms with Crippen LogP contribution in [-0.2, 0) is 20.2 Å². The van der Waals surface area contributed by atoms with Crippen molar-refractivity contribution in [1.29, 1.82) is 0 Å². The Labute approximate surface area is 203 Å². The van der Waals surface area contributed by atoms with Gasteiger partial charge in [0.15, 0.2) is 0 Å². The van der Waals surface area contributed by atoms with Crippen molar-refractivity contribution in [2.24, 2.45) is 7.05 Å². The molecular formula is C27H30FN5O2. The first kappa shape index (κ1) is 23.2. The summed E-state index contributed by atoms with van der Waals surface area (Å²) in [5, 5.41) is 1.18. The lowest BCUT2D eigenvalue weighted by molar-refractivity contribution is 0.220. The van der Waals surface area contributed by atoms with Gasteiger partial charge in [-0.3, -0.25) is 19.2 Å². The highest BCUT2D eigenvalue weighted by Crippen LogP contribution is 2.40. The molecule has 0 amide bonds. The summed E-state index contributed by atoms with van der Waals surface area (Å²) in [5.41, 5.74) is 4.06. The molecule has 7 rings (SSSR count). The van der Waals surface area contributed by atoms with E-state index in [4.69, 9.17) is 9.72 Å². The van der Waals surface area contributed by atoms with Crippen molar-refractivity contribution in [1.82, 2.24) is 24.0 Å². The van der Waals surface area contributed by atoms with Gasteiger partial charge in [0.1, 0.15) is 29.6 Å². The molecule has 0 aromatic carbocycles. The first-order valence-corrected chi connectivity index (χ1v) is 12.2. The van der Waals surface area contributed by atoms with E-state index in [-0.39, 0.29) is 12.2 Å². The maximum absolute atomic E-state index is 13.0. The topological polar surface area (TPSA) is 65.2 Å². The molecule has 7 heterocycles. The average Bonchev–Trinajstić information content (AvgIpc) is 3.02. The molecule has 182 valence electrons. The Morgan fingerprint density at radius 2 is 1.91 bits per heavy atom. The summed E-state index contributed by atoms with van der Waals surface area (Å²) in [7, 11) is 2.09. The summed E-state index contributed by atoms with van der Waals surface area (Å²) >= 11 is 0. The third kappa shape index (κ3) is 4.34. The molecule has 4 aromatic rings. The molecule has 4 aromatic heterocycles. The fourth-order valence-electron chi connectivity index (χ4n) is 5.18. The molecule has 7 nitrogen and oxygen atoms in total. The van der Waals surface area contributed by atoms with Gasteiger partial charge in [0.2, 0.25) is 0 Å². The van der Waals surface area contributed by atoms with Crippen LogP contribution in [0, 0.1) is 5.82 Å². The second-order valence-corrected chi connectivity index (χ2v) is 8.84. The van der Waals surface area contributed by atoms with Crippen LogP contribution < -0.4 is 10.3 Å². The highest BCUT2D eigenvalue weighted by atomic mass is 19.1. The Morgan fingerprint density at radius 1 is 1.11 bits per heavy atom. The standard InChI is InChI=1S/C25H24FN5O2.C2H6/c1-29-24-16-6-9-30(10-7-16)14-21(24)20-4-5-22(28-25(20)29)31-11-8-19(12-23(31)32)33-15-18-3-2-17(26)13-27-18;1-2/h2-5,8,11-13,16H,6-7,9-10,14-15H2,1H3;1-2H3. The average molecular weight is 476 g/mol. The van der Waals surface area contributed by atoms with Gasteiger partial charge >= 0.3 is 0 Å². The molecule has 0 spiro atoms. The number of hydrogen-bond acceptors (Lipinski definition) is 5. The maximum atomic E-state index is 13.0. The molecule has 3 aliphatic rings. The van der Waals surface area contributed by atoms with Crippen LogP contribution in [0.2, 0.25) is 0 Å². The van der Waals surface area contributed by atoms with Gasteiger partial charge in [0.05, 0.1) is 11.9 Å². The number of hydrogen-bond donors (Lipinski definition) is 0. The van der Waals surface area contributed by atoms with Crippen LogP contribution in [0.5, 0.6) is 5.75 Å². The lowest BCUT2D eigenvalue weighted by Gasteiger charge is -2.27. The summed E-state index contributed by atoms with van der Waals surface area (Å²) in [4.78, 5) is 24.2. The summed E-state index contributed by atoms with van der Waals surface area (Å²) in [6, 6.07) is 10.1. The minimum absolute atomic E-state index is 0.154. The highest BCUT2D eigenvalue weighted by molar-refractivity contribution is 5.83. The van der Waals surface area contributed by atoms with Gasteiger partial charge in [-0.25, -0.2) is 9.37 Å². The molecule has 2 bridgehead atoms. The SMILES string of the molecule is CC.Cn1c2c(c3ccc(-n4ccc(OCc5ccc(F)cn5)cc4=O)nc31)CN1CCC2CC1. The Kier molecular flexibility index (Phi) is 6.38. The fraction of sp³-hybridized carbons (Fsp3) is 0.370. The second-order valence-electron chi connectivity index (χ2n) is 8.84. The molecule has 1 saturated heterocycles. The Balaban J connectivity index is 0.00000124. The van der Waals surface area contributed by atoms with Crippen molar-refractivity contribution >= 4 is 11.0 Å². The molecule has 35 heavy (non-hydrogen) atoms. The lowest BCUT2D eigenvalue weighted by Crippen LogP contribution is -2.29. The molecule has 8 heteroatoms. The van der Waals surface area contributed by atoms with Gasteiger partial charge in [-0.15, -0.1) is 0 Å². The van der Waals surface area contributed by atoms with E-state index in [1.165, 1.54) is 46.2 Å². The number of pyridine rings is 3. The molecule has 0 atom stereocenters.